The third-order valence-electron chi connectivity index (χ3n) is 3.79. The van der Waals surface area contributed by atoms with Gasteiger partial charge in [-0.15, -0.1) is 0 Å². The fourth-order valence-electron chi connectivity index (χ4n) is 2.38. The molecule has 0 heterocycles. The maximum absolute atomic E-state index is 12.4. The maximum Gasteiger partial charge on any atom is 0.240 e. The van der Waals surface area contributed by atoms with Crippen molar-refractivity contribution in [1.82, 2.24) is 4.72 Å². The Kier molecular flexibility index (Phi) is 6.63. The number of amides is 1. The van der Waals surface area contributed by atoms with Crippen molar-refractivity contribution < 1.29 is 17.9 Å². The van der Waals surface area contributed by atoms with Gasteiger partial charge in [0.25, 0.3) is 0 Å². The van der Waals surface area contributed by atoms with Gasteiger partial charge in [-0.1, -0.05) is 29.3 Å². The van der Waals surface area contributed by atoms with Gasteiger partial charge in [0.05, 0.1) is 17.0 Å². The van der Waals surface area contributed by atoms with Gasteiger partial charge in [0.15, 0.2) is 0 Å². The van der Waals surface area contributed by atoms with Crippen LogP contribution in [0.5, 0.6) is 5.75 Å². The summed E-state index contributed by atoms with van der Waals surface area (Å²) in [5.41, 5.74) is 1.80. The van der Waals surface area contributed by atoms with Crippen molar-refractivity contribution in [2.75, 3.05) is 25.1 Å². The first-order valence-electron chi connectivity index (χ1n) is 7.92. The van der Waals surface area contributed by atoms with Crippen LogP contribution in [0.3, 0.4) is 0 Å². The Bertz CT molecular complexity index is 883. The second kappa shape index (κ2) is 8.53. The lowest BCUT2D eigenvalue weighted by Gasteiger charge is -2.21. The lowest BCUT2D eigenvalue weighted by molar-refractivity contribution is -0.116. The maximum atomic E-state index is 12.4. The molecule has 0 spiro atoms. The molecule has 1 N–H and O–H groups in total. The molecule has 0 aliphatic rings. The SMILES string of the molecule is COc1ccc(S(=O)(=O)NCCN(C(C)=O)c2ccc(C)cc2)cc1Cl. The Morgan fingerprint density at radius 1 is 1.19 bits per heavy atom. The fourth-order valence-corrected chi connectivity index (χ4v) is 3.75. The van der Waals surface area contributed by atoms with Gasteiger partial charge in [0, 0.05) is 25.7 Å². The zero-order chi connectivity index (χ0) is 19.3. The average molecular weight is 397 g/mol. The first-order valence-corrected chi connectivity index (χ1v) is 9.78. The van der Waals surface area contributed by atoms with E-state index in [4.69, 9.17) is 16.3 Å². The second-order valence-electron chi connectivity index (χ2n) is 5.70. The molecule has 0 bridgehead atoms. The van der Waals surface area contributed by atoms with Crippen LogP contribution in [0.4, 0.5) is 5.69 Å². The van der Waals surface area contributed by atoms with Gasteiger partial charge in [-0.2, -0.15) is 0 Å². The molecule has 0 unspecified atom stereocenters. The summed E-state index contributed by atoms with van der Waals surface area (Å²) in [4.78, 5) is 13.4. The first kappa shape index (κ1) is 20.2. The Hall–Kier alpha value is -2.09. The fraction of sp³-hybridized carbons (Fsp3) is 0.278. The molecule has 2 aromatic carbocycles. The average Bonchev–Trinajstić information content (AvgIpc) is 2.59. The number of aryl methyl sites for hydroxylation is 1. The summed E-state index contributed by atoms with van der Waals surface area (Å²) >= 11 is 5.98. The van der Waals surface area contributed by atoms with Gasteiger partial charge >= 0.3 is 0 Å². The molecule has 0 aliphatic heterocycles. The summed E-state index contributed by atoms with van der Waals surface area (Å²) in [6.45, 7) is 3.68. The van der Waals surface area contributed by atoms with Crippen LogP contribution in [0.15, 0.2) is 47.4 Å². The zero-order valence-electron chi connectivity index (χ0n) is 14.8. The standard InChI is InChI=1S/C18H21ClN2O4S/c1-13-4-6-15(7-5-13)21(14(2)22)11-10-20-26(23,24)16-8-9-18(25-3)17(19)12-16/h4-9,12,20H,10-11H2,1-3H3. The van der Waals surface area contributed by atoms with Crippen LogP contribution in [0, 0.1) is 6.92 Å². The molecule has 0 radical (unpaired) electrons. The van der Waals surface area contributed by atoms with Crippen LogP contribution >= 0.6 is 11.6 Å². The lowest BCUT2D eigenvalue weighted by Crippen LogP contribution is -2.37. The van der Waals surface area contributed by atoms with E-state index < -0.39 is 10.0 Å². The molecule has 140 valence electrons. The summed E-state index contributed by atoms with van der Waals surface area (Å²) in [6.07, 6.45) is 0. The molecule has 6 nitrogen and oxygen atoms in total. The zero-order valence-corrected chi connectivity index (χ0v) is 16.4. The highest BCUT2D eigenvalue weighted by atomic mass is 35.5. The number of ether oxygens (including phenoxy) is 1. The number of halogens is 1. The summed E-state index contributed by atoms with van der Waals surface area (Å²) in [7, 11) is -2.29. The van der Waals surface area contributed by atoms with Crippen LogP contribution < -0.4 is 14.4 Å². The monoisotopic (exact) mass is 396 g/mol. The molecule has 0 atom stereocenters. The van der Waals surface area contributed by atoms with E-state index in [1.807, 2.05) is 31.2 Å². The van der Waals surface area contributed by atoms with Gasteiger partial charge in [0.1, 0.15) is 5.75 Å². The molecular formula is C18H21ClN2O4S. The Labute approximate surface area is 158 Å². The molecule has 0 aliphatic carbocycles. The number of sulfonamides is 1. The minimum absolute atomic E-state index is 0.0352. The van der Waals surface area contributed by atoms with Gasteiger partial charge < -0.3 is 9.64 Å². The molecular weight excluding hydrogens is 376 g/mol. The second-order valence-corrected chi connectivity index (χ2v) is 7.87. The summed E-state index contributed by atoms with van der Waals surface area (Å²) in [5.74, 6) is 0.230. The number of rotatable bonds is 7. The van der Waals surface area contributed by atoms with Crippen molar-refractivity contribution in [3.63, 3.8) is 0 Å². The Morgan fingerprint density at radius 2 is 1.85 bits per heavy atom. The van der Waals surface area contributed by atoms with Crippen molar-refractivity contribution in [3.8, 4) is 5.75 Å². The molecule has 0 aromatic heterocycles. The predicted octanol–water partition coefficient (Wildman–Crippen LogP) is 2.99. The lowest BCUT2D eigenvalue weighted by atomic mass is 10.2. The molecule has 0 saturated carbocycles. The topological polar surface area (TPSA) is 75.7 Å². The molecule has 2 aromatic rings. The van der Waals surface area contributed by atoms with Gasteiger partial charge in [-0.05, 0) is 37.3 Å². The number of hydrogen-bond acceptors (Lipinski definition) is 4. The van der Waals surface area contributed by atoms with Crippen LogP contribution in [-0.4, -0.2) is 34.5 Å². The van der Waals surface area contributed by atoms with Crippen LogP contribution in [0.1, 0.15) is 12.5 Å². The van der Waals surface area contributed by atoms with Crippen molar-refractivity contribution in [2.45, 2.75) is 18.7 Å². The van der Waals surface area contributed by atoms with Gasteiger partial charge in [0.2, 0.25) is 15.9 Å². The molecule has 0 fully saturated rings. The van der Waals surface area contributed by atoms with E-state index >= 15 is 0 Å². The number of carbonyl (C=O) groups excluding carboxylic acids is 1. The first-order chi connectivity index (χ1) is 12.2. The highest BCUT2D eigenvalue weighted by molar-refractivity contribution is 7.89. The number of carbonyl (C=O) groups is 1. The van der Waals surface area contributed by atoms with Crippen LogP contribution in [0.2, 0.25) is 5.02 Å². The van der Waals surface area contributed by atoms with Gasteiger partial charge in [-0.3, -0.25) is 4.79 Å². The quantitative estimate of drug-likeness (QED) is 0.780. The summed E-state index contributed by atoms with van der Waals surface area (Å²) in [6, 6.07) is 11.7. The molecule has 1 amide bonds. The van der Waals surface area contributed by atoms with Crippen molar-refractivity contribution in [3.05, 3.63) is 53.1 Å². The van der Waals surface area contributed by atoms with E-state index in [0.717, 1.165) is 11.3 Å². The van der Waals surface area contributed by atoms with Crippen molar-refractivity contribution in [1.29, 1.82) is 0 Å². The van der Waals surface area contributed by atoms with Crippen molar-refractivity contribution >= 4 is 33.2 Å². The number of hydrogen-bond donors (Lipinski definition) is 1. The Morgan fingerprint density at radius 3 is 2.38 bits per heavy atom. The van der Waals surface area contributed by atoms with E-state index in [1.54, 1.807) is 0 Å². The molecule has 26 heavy (non-hydrogen) atoms. The predicted molar refractivity (Wildman–Crippen MR) is 102 cm³/mol. The highest BCUT2D eigenvalue weighted by Gasteiger charge is 2.17. The van der Waals surface area contributed by atoms with E-state index in [9.17, 15) is 13.2 Å². The number of anilines is 1. The van der Waals surface area contributed by atoms with Crippen LogP contribution in [0.25, 0.3) is 0 Å². The molecule has 8 heteroatoms. The highest BCUT2D eigenvalue weighted by Crippen LogP contribution is 2.26. The van der Waals surface area contributed by atoms with E-state index in [2.05, 4.69) is 4.72 Å². The number of benzene rings is 2. The Balaban J connectivity index is 2.07. The minimum Gasteiger partial charge on any atom is -0.495 e. The van der Waals surface area contributed by atoms with Crippen molar-refractivity contribution in [2.24, 2.45) is 0 Å². The summed E-state index contributed by atoms with van der Waals surface area (Å²) < 4.78 is 32.3. The normalized spacial score (nSPS) is 11.2. The van der Waals surface area contributed by atoms with E-state index in [-0.39, 0.29) is 28.9 Å². The molecule has 0 saturated heterocycles. The third kappa shape index (κ3) is 4.97. The number of methoxy groups -OCH3 is 1. The van der Waals surface area contributed by atoms with Crippen LogP contribution in [-0.2, 0) is 14.8 Å². The largest absolute Gasteiger partial charge is 0.495 e. The number of nitrogens with one attached hydrogen (secondary N) is 1. The molecule has 2 rings (SSSR count). The van der Waals surface area contributed by atoms with E-state index in [1.165, 1.54) is 37.1 Å². The number of nitrogens with zero attached hydrogens (tertiary/aromatic N) is 1. The minimum atomic E-state index is -3.75. The summed E-state index contributed by atoms with van der Waals surface area (Å²) in [5, 5.41) is 0.209. The third-order valence-corrected chi connectivity index (χ3v) is 5.54. The smallest absolute Gasteiger partial charge is 0.240 e. The van der Waals surface area contributed by atoms with E-state index in [0.29, 0.717) is 5.75 Å². The van der Waals surface area contributed by atoms with Gasteiger partial charge in [-0.25, -0.2) is 13.1 Å².